The highest BCUT2D eigenvalue weighted by atomic mass is 79.9. The van der Waals surface area contributed by atoms with E-state index in [4.69, 9.17) is 27.9 Å². The highest BCUT2D eigenvalue weighted by molar-refractivity contribution is 9.10. The van der Waals surface area contributed by atoms with E-state index in [-0.39, 0.29) is 5.91 Å². The van der Waals surface area contributed by atoms with Crippen LogP contribution in [0.25, 0.3) is 0 Å². The van der Waals surface area contributed by atoms with Gasteiger partial charge in [0.2, 0.25) is 0 Å². The summed E-state index contributed by atoms with van der Waals surface area (Å²) in [4.78, 5) is 22.3. The highest BCUT2D eigenvalue weighted by Crippen LogP contribution is 2.42. The highest BCUT2D eigenvalue weighted by Gasteiger charge is 2.36. The quantitative estimate of drug-likeness (QED) is 0.343. The number of fused-ring (bicyclic) bond motifs is 1. The Bertz CT molecular complexity index is 1220. The first kappa shape index (κ1) is 21.6. The number of pyridine rings is 1. The number of amides is 1. The predicted octanol–water partition coefficient (Wildman–Crippen LogP) is 6.88. The van der Waals surface area contributed by atoms with Gasteiger partial charge in [0.05, 0.1) is 21.4 Å². The van der Waals surface area contributed by atoms with Crippen molar-refractivity contribution in [2.45, 2.75) is 25.8 Å². The van der Waals surface area contributed by atoms with E-state index in [1.807, 2.05) is 30.0 Å². The molecule has 0 radical (unpaired) electrons. The molecule has 1 aromatic heterocycles. The second-order valence-electron chi connectivity index (χ2n) is 7.99. The van der Waals surface area contributed by atoms with E-state index >= 15 is 0 Å². The Morgan fingerprint density at radius 3 is 2.56 bits per heavy atom. The number of rotatable bonds is 4. The number of anilines is 2. The largest absolute Gasteiger partial charge is 0.455 e. The van der Waals surface area contributed by atoms with Crippen molar-refractivity contribution in [2.24, 2.45) is 0 Å². The lowest BCUT2D eigenvalue weighted by atomic mass is 10.1. The molecule has 1 aliphatic carbocycles. The van der Waals surface area contributed by atoms with Gasteiger partial charge in [0, 0.05) is 47.6 Å². The van der Waals surface area contributed by atoms with Crippen LogP contribution < -0.4 is 14.5 Å². The summed E-state index contributed by atoms with van der Waals surface area (Å²) in [6.07, 6.45) is 3.98. The second-order valence-corrected chi connectivity index (χ2v) is 9.66. The Labute approximate surface area is 205 Å². The van der Waals surface area contributed by atoms with Gasteiger partial charge in [-0.2, -0.15) is 0 Å². The minimum atomic E-state index is -0.158. The molecular weight excluding hydrogens is 513 g/mol. The van der Waals surface area contributed by atoms with Crippen LogP contribution in [0.5, 0.6) is 11.5 Å². The molecule has 0 saturated heterocycles. The monoisotopic (exact) mass is 531 g/mol. The maximum Gasteiger partial charge on any atom is 0.263 e. The summed E-state index contributed by atoms with van der Waals surface area (Å²) in [7, 11) is 0. The fourth-order valence-corrected chi connectivity index (χ4v) is 4.82. The molecule has 8 heteroatoms. The molecule has 0 bridgehead atoms. The summed E-state index contributed by atoms with van der Waals surface area (Å²) in [5.74, 6) is 0.609. The van der Waals surface area contributed by atoms with Crippen molar-refractivity contribution in [3.05, 3.63) is 74.4 Å². The van der Waals surface area contributed by atoms with Gasteiger partial charge in [-0.15, -0.1) is 0 Å². The zero-order valence-electron chi connectivity index (χ0n) is 17.3. The zero-order chi connectivity index (χ0) is 22.4. The van der Waals surface area contributed by atoms with Crippen LogP contribution in [-0.2, 0) is 0 Å². The van der Waals surface area contributed by atoms with Gasteiger partial charge in [0.25, 0.3) is 5.91 Å². The Balaban J connectivity index is 1.51. The van der Waals surface area contributed by atoms with E-state index in [0.29, 0.717) is 44.2 Å². The van der Waals surface area contributed by atoms with Crippen LogP contribution in [0, 0.1) is 6.92 Å². The summed E-state index contributed by atoms with van der Waals surface area (Å²) < 4.78 is 6.76. The lowest BCUT2D eigenvalue weighted by molar-refractivity contribution is 0.0984. The molecule has 2 aliphatic rings. The fraction of sp³-hybridized carbons (Fsp3) is 0.250. The van der Waals surface area contributed by atoms with Crippen molar-refractivity contribution in [2.75, 3.05) is 22.9 Å². The zero-order valence-corrected chi connectivity index (χ0v) is 20.4. The number of hydrogen-bond acceptors (Lipinski definition) is 4. The van der Waals surface area contributed by atoms with Gasteiger partial charge >= 0.3 is 0 Å². The molecule has 1 aliphatic heterocycles. The minimum Gasteiger partial charge on any atom is -0.455 e. The van der Waals surface area contributed by atoms with Crippen molar-refractivity contribution >= 4 is 56.4 Å². The molecule has 0 N–H and O–H groups in total. The van der Waals surface area contributed by atoms with Crippen molar-refractivity contribution in [3.63, 3.8) is 0 Å². The number of nitrogens with zero attached hydrogens (tertiary/aromatic N) is 3. The van der Waals surface area contributed by atoms with Gasteiger partial charge in [-0.1, -0.05) is 35.3 Å². The van der Waals surface area contributed by atoms with Crippen molar-refractivity contribution in [1.29, 1.82) is 0 Å². The third-order valence-electron chi connectivity index (χ3n) is 5.71. The van der Waals surface area contributed by atoms with Gasteiger partial charge in [0.1, 0.15) is 17.1 Å². The van der Waals surface area contributed by atoms with Crippen molar-refractivity contribution in [1.82, 2.24) is 4.98 Å². The third kappa shape index (κ3) is 4.07. The van der Waals surface area contributed by atoms with Crippen LogP contribution in [0.2, 0.25) is 10.0 Å². The molecule has 1 amide bonds. The molecule has 0 unspecified atom stereocenters. The van der Waals surface area contributed by atoms with E-state index in [1.54, 1.807) is 24.4 Å². The number of para-hydroxylation sites is 2. The first-order chi connectivity index (χ1) is 15.4. The summed E-state index contributed by atoms with van der Waals surface area (Å²) in [6, 6.07) is 13.7. The molecule has 1 saturated carbocycles. The molecule has 2 aromatic carbocycles. The van der Waals surface area contributed by atoms with Gasteiger partial charge in [0.15, 0.2) is 0 Å². The minimum absolute atomic E-state index is 0.158. The average molecular weight is 533 g/mol. The van der Waals surface area contributed by atoms with Crippen LogP contribution >= 0.6 is 39.1 Å². The average Bonchev–Trinajstić information content (AvgIpc) is 3.62. The molecule has 5 rings (SSSR count). The summed E-state index contributed by atoms with van der Waals surface area (Å²) >= 11 is 15.9. The normalized spacial score (nSPS) is 15.5. The number of aryl methyl sites for hydroxylation is 1. The van der Waals surface area contributed by atoms with E-state index in [1.165, 1.54) is 12.8 Å². The van der Waals surface area contributed by atoms with Crippen LogP contribution in [0.3, 0.4) is 0 Å². The second kappa shape index (κ2) is 8.58. The fourth-order valence-electron chi connectivity index (χ4n) is 3.99. The van der Waals surface area contributed by atoms with Crippen molar-refractivity contribution < 1.29 is 9.53 Å². The van der Waals surface area contributed by atoms with Gasteiger partial charge < -0.3 is 14.5 Å². The van der Waals surface area contributed by atoms with E-state index in [2.05, 4.69) is 31.9 Å². The summed E-state index contributed by atoms with van der Waals surface area (Å²) in [5, 5.41) is 0.853. The molecule has 5 nitrogen and oxygen atoms in total. The summed E-state index contributed by atoms with van der Waals surface area (Å²) in [6.45, 7) is 3.25. The standard InChI is InChI=1S/C24H20BrCl2N3O2/c1-14-10-22(32-23-12-18(26)17(25)11-19(23)27)16(13-28-14)24(31)30-9-8-29(15-6-7-15)20-4-2-3-5-21(20)30/h2-5,10-13,15H,6-9H2,1H3. The molecule has 1 fully saturated rings. The van der Waals surface area contributed by atoms with Gasteiger partial charge in [-0.05, 0) is 53.9 Å². The number of halogens is 3. The van der Waals surface area contributed by atoms with E-state index in [9.17, 15) is 4.79 Å². The van der Waals surface area contributed by atoms with E-state index < -0.39 is 0 Å². The maximum atomic E-state index is 13.7. The smallest absolute Gasteiger partial charge is 0.263 e. The summed E-state index contributed by atoms with van der Waals surface area (Å²) in [5.41, 5.74) is 3.11. The lowest BCUT2D eigenvalue weighted by Crippen LogP contribution is -2.45. The van der Waals surface area contributed by atoms with Crippen molar-refractivity contribution in [3.8, 4) is 11.5 Å². The first-order valence-electron chi connectivity index (χ1n) is 10.4. The molecule has 0 spiro atoms. The van der Waals surface area contributed by atoms with Crippen LogP contribution in [0.1, 0.15) is 28.9 Å². The molecule has 32 heavy (non-hydrogen) atoms. The number of aromatic nitrogens is 1. The molecule has 0 atom stereocenters. The molecule has 3 aromatic rings. The lowest BCUT2D eigenvalue weighted by Gasteiger charge is -2.38. The number of carbonyl (C=O) groups excluding carboxylic acids is 1. The number of benzene rings is 2. The molecular formula is C24H20BrCl2N3O2. The van der Waals surface area contributed by atoms with Crippen LogP contribution in [0.15, 0.2) is 53.1 Å². The van der Waals surface area contributed by atoms with E-state index in [0.717, 1.165) is 23.6 Å². The topological polar surface area (TPSA) is 45.7 Å². The van der Waals surface area contributed by atoms with Gasteiger partial charge in [-0.25, -0.2) is 0 Å². The molecule has 2 heterocycles. The first-order valence-corrected chi connectivity index (χ1v) is 11.9. The number of ether oxygens (including phenoxy) is 1. The number of hydrogen-bond donors (Lipinski definition) is 0. The molecule has 164 valence electrons. The Kier molecular flexibility index (Phi) is 5.78. The predicted molar refractivity (Wildman–Crippen MR) is 132 cm³/mol. The Morgan fingerprint density at radius 2 is 1.81 bits per heavy atom. The van der Waals surface area contributed by atoms with Gasteiger partial charge in [-0.3, -0.25) is 9.78 Å². The Hall–Kier alpha value is -2.28. The van der Waals surface area contributed by atoms with Crippen LogP contribution in [0.4, 0.5) is 11.4 Å². The SMILES string of the molecule is Cc1cc(Oc2cc(Cl)c(Br)cc2Cl)c(C(=O)N2CCN(C3CC3)c3ccccc32)cn1. The van der Waals surface area contributed by atoms with Crippen LogP contribution in [-0.4, -0.2) is 30.0 Å². The third-order valence-corrected chi connectivity index (χ3v) is 7.20. The maximum absolute atomic E-state index is 13.7. The Morgan fingerprint density at radius 1 is 1.06 bits per heavy atom. The number of carbonyl (C=O) groups is 1.